The van der Waals surface area contributed by atoms with Crippen molar-refractivity contribution in [2.75, 3.05) is 5.32 Å². The van der Waals surface area contributed by atoms with Gasteiger partial charge in [0.05, 0.1) is 10.6 Å². The maximum atomic E-state index is 13.5. The molecular weight excluding hydrogens is 377 g/mol. The van der Waals surface area contributed by atoms with Crippen LogP contribution in [0, 0.1) is 0 Å². The number of carbonyl (C=O) groups is 1. The molecule has 1 N–H and O–H groups in total. The van der Waals surface area contributed by atoms with Crippen LogP contribution in [-0.4, -0.2) is 20.5 Å². The van der Waals surface area contributed by atoms with Crippen LogP contribution < -0.4 is 5.32 Å². The van der Waals surface area contributed by atoms with Gasteiger partial charge in [0.25, 0.3) is 5.91 Å². The molecule has 0 unspecified atom stereocenters. The zero-order valence-corrected chi connectivity index (χ0v) is 14.4. The van der Waals surface area contributed by atoms with Crippen LogP contribution in [0.2, 0.25) is 0 Å². The van der Waals surface area contributed by atoms with E-state index in [1.165, 1.54) is 17.4 Å². The summed E-state index contributed by atoms with van der Waals surface area (Å²) in [5.41, 5.74) is -0.496. The first-order chi connectivity index (χ1) is 12.9. The first-order valence-electron chi connectivity index (χ1n) is 7.80. The fourth-order valence-corrected chi connectivity index (χ4v) is 3.24. The minimum absolute atomic E-state index is 0.0496. The van der Waals surface area contributed by atoms with E-state index < -0.39 is 17.8 Å². The molecule has 4 rings (SSSR count). The number of hydrogen-bond acceptors (Lipinski definition) is 4. The number of nitrogens with one attached hydrogen (secondary N) is 1. The number of aromatic nitrogens is 3. The van der Waals surface area contributed by atoms with Gasteiger partial charge in [-0.3, -0.25) is 4.79 Å². The highest BCUT2D eigenvalue weighted by molar-refractivity contribution is 7.13. The van der Waals surface area contributed by atoms with Crippen LogP contribution in [0.15, 0.2) is 60.0 Å². The van der Waals surface area contributed by atoms with Crippen LogP contribution in [0.3, 0.4) is 0 Å². The number of para-hydroxylation sites is 1. The zero-order valence-electron chi connectivity index (χ0n) is 13.6. The van der Waals surface area contributed by atoms with E-state index >= 15 is 0 Å². The number of benzene rings is 1. The maximum absolute atomic E-state index is 13.5. The minimum atomic E-state index is -4.65. The second kappa shape index (κ2) is 6.51. The Bertz CT molecular complexity index is 1110. The Morgan fingerprint density at radius 2 is 1.85 bits per heavy atom. The highest BCUT2D eigenvalue weighted by atomic mass is 32.1. The molecule has 3 heterocycles. The number of alkyl halides is 3. The summed E-state index contributed by atoms with van der Waals surface area (Å²) in [6.45, 7) is 0. The number of amides is 1. The van der Waals surface area contributed by atoms with Crippen molar-refractivity contribution in [2.45, 2.75) is 6.18 Å². The van der Waals surface area contributed by atoms with Gasteiger partial charge in [-0.2, -0.15) is 18.3 Å². The largest absolute Gasteiger partial charge is 0.433 e. The molecule has 0 fully saturated rings. The van der Waals surface area contributed by atoms with Crippen molar-refractivity contribution in [3.63, 3.8) is 0 Å². The van der Waals surface area contributed by atoms with Gasteiger partial charge in [0.1, 0.15) is 0 Å². The zero-order chi connectivity index (χ0) is 19.0. The highest BCUT2D eigenvalue weighted by Crippen LogP contribution is 2.33. The van der Waals surface area contributed by atoms with E-state index in [1.54, 1.807) is 47.8 Å². The van der Waals surface area contributed by atoms with Crippen molar-refractivity contribution < 1.29 is 18.0 Å². The van der Waals surface area contributed by atoms with E-state index in [0.717, 1.165) is 6.07 Å². The Balaban J connectivity index is 1.80. The topological polar surface area (TPSA) is 59.3 Å². The van der Waals surface area contributed by atoms with Crippen LogP contribution in [0.4, 0.5) is 18.9 Å². The molecule has 4 aromatic rings. The van der Waals surface area contributed by atoms with E-state index in [4.69, 9.17) is 0 Å². The molecule has 3 aromatic heterocycles. The lowest BCUT2D eigenvalue weighted by molar-refractivity contribution is -0.142. The van der Waals surface area contributed by atoms with Gasteiger partial charge in [0, 0.05) is 11.8 Å². The molecule has 0 saturated carbocycles. The Morgan fingerprint density at radius 3 is 2.52 bits per heavy atom. The minimum Gasteiger partial charge on any atom is -0.321 e. The molecule has 0 aliphatic heterocycles. The predicted octanol–water partition coefficient (Wildman–Crippen LogP) is 4.73. The van der Waals surface area contributed by atoms with Gasteiger partial charge in [-0.1, -0.05) is 24.3 Å². The summed E-state index contributed by atoms with van der Waals surface area (Å²) in [6.07, 6.45) is -4.65. The number of hydrogen-bond donors (Lipinski definition) is 1. The summed E-state index contributed by atoms with van der Waals surface area (Å²) in [6, 6.07) is 14.2. The summed E-state index contributed by atoms with van der Waals surface area (Å²) >= 11 is 1.28. The van der Waals surface area contributed by atoms with E-state index in [1.807, 2.05) is 0 Å². The standard InChI is InChI=1S/C18H11F3N4OS/c19-18(20,21)15-9-12(14-7-4-8-27-14)23-16-10-13(24-25(15)16)17(26)22-11-5-2-1-3-6-11/h1-10H,(H,22,26). The highest BCUT2D eigenvalue weighted by Gasteiger charge is 2.35. The lowest BCUT2D eigenvalue weighted by Gasteiger charge is -2.10. The number of rotatable bonds is 3. The number of fused-ring (bicyclic) bond motifs is 1. The third-order valence-electron chi connectivity index (χ3n) is 3.76. The molecule has 1 aromatic carbocycles. The van der Waals surface area contributed by atoms with Gasteiger partial charge < -0.3 is 5.32 Å². The average molecular weight is 388 g/mol. The molecule has 0 bridgehead atoms. The molecule has 5 nitrogen and oxygen atoms in total. The van der Waals surface area contributed by atoms with Gasteiger partial charge >= 0.3 is 6.18 Å². The number of anilines is 1. The van der Waals surface area contributed by atoms with Crippen molar-refractivity contribution in [3.8, 4) is 10.6 Å². The van der Waals surface area contributed by atoms with Crippen LogP contribution in [0.5, 0.6) is 0 Å². The molecule has 9 heteroatoms. The summed E-state index contributed by atoms with van der Waals surface area (Å²) in [5.74, 6) is -0.613. The number of thiophene rings is 1. The van der Waals surface area contributed by atoms with E-state index in [-0.39, 0.29) is 17.0 Å². The van der Waals surface area contributed by atoms with Crippen molar-refractivity contribution in [3.05, 3.63) is 71.4 Å². The lowest BCUT2D eigenvalue weighted by Crippen LogP contribution is -2.15. The van der Waals surface area contributed by atoms with Crippen LogP contribution in [-0.2, 0) is 6.18 Å². The van der Waals surface area contributed by atoms with Gasteiger partial charge in [-0.15, -0.1) is 11.3 Å². The monoisotopic (exact) mass is 388 g/mol. The Kier molecular flexibility index (Phi) is 4.15. The van der Waals surface area contributed by atoms with Crippen molar-refractivity contribution in [1.29, 1.82) is 0 Å². The van der Waals surface area contributed by atoms with Crippen molar-refractivity contribution in [2.24, 2.45) is 0 Å². The third-order valence-corrected chi connectivity index (χ3v) is 4.65. The second-order valence-corrected chi connectivity index (χ2v) is 6.57. The number of nitrogens with zero attached hydrogens (tertiary/aromatic N) is 3. The molecule has 0 atom stereocenters. The van der Waals surface area contributed by atoms with Gasteiger partial charge in [0.15, 0.2) is 17.0 Å². The van der Waals surface area contributed by atoms with Crippen LogP contribution in [0.1, 0.15) is 16.2 Å². The van der Waals surface area contributed by atoms with E-state index in [0.29, 0.717) is 15.1 Å². The molecular formula is C18H11F3N4OS. The normalized spacial score (nSPS) is 11.7. The van der Waals surface area contributed by atoms with Crippen molar-refractivity contribution in [1.82, 2.24) is 14.6 Å². The molecule has 0 radical (unpaired) electrons. The Labute approximate surface area is 155 Å². The summed E-state index contributed by atoms with van der Waals surface area (Å²) < 4.78 is 41.2. The smallest absolute Gasteiger partial charge is 0.321 e. The van der Waals surface area contributed by atoms with Crippen LogP contribution in [0.25, 0.3) is 16.2 Å². The predicted molar refractivity (Wildman–Crippen MR) is 95.7 cm³/mol. The fraction of sp³-hybridized carbons (Fsp3) is 0.0556. The Morgan fingerprint density at radius 1 is 1.07 bits per heavy atom. The number of halogens is 3. The summed E-state index contributed by atoms with van der Waals surface area (Å²) in [7, 11) is 0. The van der Waals surface area contributed by atoms with Gasteiger partial charge in [-0.25, -0.2) is 9.50 Å². The van der Waals surface area contributed by atoms with Gasteiger partial charge in [-0.05, 0) is 29.6 Å². The average Bonchev–Trinajstić information content (AvgIpc) is 3.30. The maximum Gasteiger partial charge on any atom is 0.433 e. The SMILES string of the molecule is O=C(Nc1ccccc1)c1cc2nc(-c3cccs3)cc(C(F)(F)F)n2n1. The molecule has 0 aliphatic carbocycles. The summed E-state index contributed by atoms with van der Waals surface area (Å²) in [5, 5.41) is 8.17. The molecule has 136 valence electrons. The molecule has 0 spiro atoms. The fourth-order valence-electron chi connectivity index (χ4n) is 2.55. The molecule has 27 heavy (non-hydrogen) atoms. The van der Waals surface area contributed by atoms with E-state index in [2.05, 4.69) is 15.4 Å². The molecule has 1 amide bonds. The summed E-state index contributed by atoms with van der Waals surface area (Å²) in [4.78, 5) is 17.2. The Hall–Kier alpha value is -3.20. The first kappa shape index (κ1) is 17.2. The van der Waals surface area contributed by atoms with Crippen LogP contribution >= 0.6 is 11.3 Å². The number of carbonyl (C=O) groups excluding carboxylic acids is 1. The van der Waals surface area contributed by atoms with Crippen molar-refractivity contribution >= 4 is 28.6 Å². The molecule has 0 aliphatic rings. The van der Waals surface area contributed by atoms with Gasteiger partial charge in [0.2, 0.25) is 0 Å². The molecule has 0 saturated heterocycles. The lowest BCUT2D eigenvalue weighted by atomic mass is 10.2. The second-order valence-electron chi connectivity index (χ2n) is 5.62. The quantitative estimate of drug-likeness (QED) is 0.552. The third kappa shape index (κ3) is 3.41. The first-order valence-corrected chi connectivity index (χ1v) is 8.68. The van der Waals surface area contributed by atoms with E-state index in [9.17, 15) is 18.0 Å².